The van der Waals surface area contributed by atoms with Crippen molar-refractivity contribution < 1.29 is 23.5 Å². The van der Waals surface area contributed by atoms with Gasteiger partial charge in [0, 0.05) is 17.8 Å². The fraction of sp³-hybridized carbons (Fsp3) is 0.238. The van der Waals surface area contributed by atoms with Crippen LogP contribution in [-0.4, -0.2) is 35.1 Å². The molecule has 0 spiro atoms. The monoisotopic (exact) mass is 397 g/mol. The van der Waals surface area contributed by atoms with Crippen LogP contribution in [0.15, 0.2) is 36.4 Å². The molecule has 0 unspecified atom stereocenters. The first-order valence-corrected chi connectivity index (χ1v) is 9.01. The van der Waals surface area contributed by atoms with Crippen molar-refractivity contribution >= 4 is 28.6 Å². The zero-order chi connectivity index (χ0) is 21.0. The van der Waals surface area contributed by atoms with Crippen LogP contribution >= 0.6 is 0 Å². The molecule has 0 radical (unpaired) electrons. The minimum Gasteiger partial charge on any atom is -0.482 e. The van der Waals surface area contributed by atoms with Gasteiger partial charge in [0.15, 0.2) is 6.61 Å². The Balaban J connectivity index is 1.83. The topological polar surface area (TPSA) is 90.4 Å². The Morgan fingerprint density at radius 1 is 1.10 bits per heavy atom. The van der Waals surface area contributed by atoms with Gasteiger partial charge in [-0.15, -0.1) is 0 Å². The number of esters is 1. The number of nitrogens with zero attached hydrogens (tertiary/aromatic N) is 2. The molecule has 3 aromatic rings. The maximum atomic E-state index is 14.0. The van der Waals surface area contributed by atoms with Gasteiger partial charge in [0.1, 0.15) is 17.1 Å². The van der Waals surface area contributed by atoms with Gasteiger partial charge >= 0.3 is 5.97 Å². The third-order valence-electron chi connectivity index (χ3n) is 4.14. The van der Waals surface area contributed by atoms with Crippen molar-refractivity contribution in [3.63, 3.8) is 0 Å². The number of amides is 1. The van der Waals surface area contributed by atoms with E-state index in [1.807, 2.05) is 0 Å². The minimum atomic E-state index is -0.577. The summed E-state index contributed by atoms with van der Waals surface area (Å²) in [7, 11) is 0. The molecule has 1 amide bonds. The number of benzene rings is 2. The smallest absolute Gasteiger partial charge is 0.344 e. The number of halogens is 1. The zero-order valence-corrected chi connectivity index (χ0v) is 16.3. The third kappa shape index (κ3) is 4.84. The summed E-state index contributed by atoms with van der Waals surface area (Å²) in [6.07, 6.45) is 0. The van der Waals surface area contributed by atoms with E-state index in [0.29, 0.717) is 33.9 Å². The van der Waals surface area contributed by atoms with Crippen molar-refractivity contribution in [2.45, 2.75) is 20.8 Å². The second kappa shape index (κ2) is 8.64. The predicted octanol–water partition coefficient (Wildman–Crippen LogP) is 3.58. The van der Waals surface area contributed by atoms with Crippen LogP contribution in [0.2, 0.25) is 0 Å². The van der Waals surface area contributed by atoms with Gasteiger partial charge in [0.2, 0.25) is 0 Å². The van der Waals surface area contributed by atoms with Gasteiger partial charge in [-0.1, -0.05) is 6.07 Å². The Labute approximate surface area is 166 Å². The van der Waals surface area contributed by atoms with E-state index >= 15 is 0 Å². The van der Waals surface area contributed by atoms with Crippen LogP contribution < -0.4 is 10.1 Å². The molecule has 0 saturated carbocycles. The fourth-order valence-corrected chi connectivity index (χ4v) is 2.68. The summed E-state index contributed by atoms with van der Waals surface area (Å²) in [5.74, 6) is -1.22. The van der Waals surface area contributed by atoms with E-state index in [9.17, 15) is 14.0 Å². The number of aromatic nitrogens is 2. The molecule has 7 nitrogen and oxygen atoms in total. The van der Waals surface area contributed by atoms with E-state index < -0.39 is 17.7 Å². The molecular formula is C21H20FN3O4. The molecule has 1 heterocycles. The zero-order valence-electron chi connectivity index (χ0n) is 16.3. The minimum absolute atomic E-state index is 0.0773. The largest absolute Gasteiger partial charge is 0.482 e. The van der Waals surface area contributed by atoms with Gasteiger partial charge in [-0.3, -0.25) is 4.79 Å². The third-order valence-corrected chi connectivity index (χ3v) is 4.14. The molecular weight excluding hydrogens is 377 g/mol. The van der Waals surface area contributed by atoms with E-state index in [2.05, 4.69) is 15.3 Å². The summed E-state index contributed by atoms with van der Waals surface area (Å²) in [6.45, 7) is 5.28. The van der Waals surface area contributed by atoms with Crippen molar-refractivity contribution in [1.29, 1.82) is 0 Å². The van der Waals surface area contributed by atoms with E-state index in [4.69, 9.17) is 9.47 Å². The molecule has 8 heteroatoms. The molecule has 1 aromatic heterocycles. The van der Waals surface area contributed by atoms with Crippen molar-refractivity contribution in [2.75, 3.05) is 18.5 Å². The quantitative estimate of drug-likeness (QED) is 0.640. The number of aryl methyl sites for hydroxylation is 2. The van der Waals surface area contributed by atoms with Crippen LogP contribution in [0.25, 0.3) is 11.0 Å². The number of anilines is 1. The summed E-state index contributed by atoms with van der Waals surface area (Å²) in [5, 5.41) is 2.70. The lowest BCUT2D eigenvalue weighted by molar-refractivity contribution is -0.145. The highest BCUT2D eigenvalue weighted by molar-refractivity contribution is 6.11. The van der Waals surface area contributed by atoms with Crippen LogP contribution in [0.3, 0.4) is 0 Å². The summed E-state index contributed by atoms with van der Waals surface area (Å²) >= 11 is 0. The molecule has 29 heavy (non-hydrogen) atoms. The van der Waals surface area contributed by atoms with E-state index in [1.54, 1.807) is 45.0 Å². The highest BCUT2D eigenvalue weighted by Crippen LogP contribution is 2.22. The van der Waals surface area contributed by atoms with Crippen LogP contribution in [0.4, 0.5) is 10.1 Å². The van der Waals surface area contributed by atoms with Crippen LogP contribution in [0.1, 0.15) is 28.7 Å². The molecule has 150 valence electrons. The summed E-state index contributed by atoms with van der Waals surface area (Å²) in [6, 6.07) is 8.88. The molecule has 0 aliphatic rings. The van der Waals surface area contributed by atoms with Gasteiger partial charge in [0.05, 0.1) is 29.1 Å². The predicted molar refractivity (Wildman–Crippen MR) is 105 cm³/mol. The highest BCUT2D eigenvalue weighted by atomic mass is 19.1. The standard InChI is InChI=1S/C21H20FN3O4/c1-4-28-19(26)11-29-16-7-5-6-15(10-16)25-21(27)17-8-14(22)9-18-20(17)24-13(3)12(2)23-18/h5-10H,4,11H2,1-3H3,(H,25,27). The number of ether oxygens (including phenoxy) is 2. The maximum absolute atomic E-state index is 14.0. The second-order valence-electron chi connectivity index (χ2n) is 6.29. The van der Waals surface area contributed by atoms with Gasteiger partial charge in [-0.2, -0.15) is 0 Å². The van der Waals surface area contributed by atoms with Gasteiger partial charge in [-0.25, -0.2) is 19.2 Å². The van der Waals surface area contributed by atoms with E-state index in [0.717, 1.165) is 6.07 Å². The lowest BCUT2D eigenvalue weighted by Gasteiger charge is -2.11. The molecule has 3 rings (SSSR count). The summed E-state index contributed by atoms with van der Waals surface area (Å²) < 4.78 is 24.2. The molecule has 0 aliphatic carbocycles. The first-order valence-electron chi connectivity index (χ1n) is 9.01. The Kier molecular flexibility index (Phi) is 6.01. The number of carbonyl (C=O) groups is 2. The molecule has 2 aromatic carbocycles. The molecule has 0 fully saturated rings. The number of hydrogen-bond acceptors (Lipinski definition) is 6. The number of hydrogen-bond donors (Lipinski definition) is 1. The first-order chi connectivity index (χ1) is 13.9. The van der Waals surface area contributed by atoms with Crippen molar-refractivity contribution in [1.82, 2.24) is 9.97 Å². The van der Waals surface area contributed by atoms with Crippen LogP contribution in [-0.2, 0) is 9.53 Å². The van der Waals surface area contributed by atoms with E-state index in [1.165, 1.54) is 6.07 Å². The Morgan fingerprint density at radius 2 is 1.86 bits per heavy atom. The lowest BCUT2D eigenvalue weighted by Crippen LogP contribution is -2.15. The molecule has 0 bridgehead atoms. The normalized spacial score (nSPS) is 10.6. The Bertz CT molecular complexity index is 1080. The summed E-state index contributed by atoms with van der Waals surface area (Å²) in [4.78, 5) is 32.9. The number of rotatable bonds is 6. The Hall–Kier alpha value is -3.55. The van der Waals surface area contributed by atoms with Crippen LogP contribution in [0, 0.1) is 19.7 Å². The molecule has 1 N–H and O–H groups in total. The molecule has 0 saturated heterocycles. The fourth-order valence-electron chi connectivity index (χ4n) is 2.68. The number of fused-ring (bicyclic) bond motifs is 1. The van der Waals surface area contributed by atoms with Crippen LogP contribution in [0.5, 0.6) is 5.75 Å². The maximum Gasteiger partial charge on any atom is 0.344 e. The lowest BCUT2D eigenvalue weighted by atomic mass is 10.1. The number of nitrogens with one attached hydrogen (secondary N) is 1. The van der Waals surface area contributed by atoms with Crippen molar-refractivity contribution in [3.8, 4) is 5.75 Å². The average molecular weight is 397 g/mol. The summed E-state index contributed by atoms with van der Waals surface area (Å²) in [5.41, 5.74) is 2.46. The molecule has 0 atom stereocenters. The molecule has 0 aliphatic heterocycles. The Morgan fingerprint density at radius 3 is 2.62 bits per heavy atom. The van der Waals surface area contributed by atoms with Gasteiger partial charge in [-0.05, 0) is 39.0 Å². The number of carbonyl (C=O) groups excluding carboxylic acids is 2. The highest BCUT2D eigenvalue weighted by Gasteiger charge is 2.16. The van der Waals surface area contributed by atoms with Crippen molar-refractivity contribution in [2.24, 2.45) is 0 Å². The average Bonchev–Trinajstić information content (AvgIpc) is 2.67. The van der Waals surface area contributed by atoms with Gasteiger partial charge < -0.3 is 14.8 Å². The van der Waals surface area contributed by atoms with E-state index in [-0.39, 0.29) is 18.8 Å². The van der Waals surface area contributed by atoms with Crippen molar-refractivity contribution in [3.05, 3.63) is 59.2 Å². The first kappa shape index (κ1) is 20.2. The SMILES string of the molecule is CCOC(=O)COc1cccc(NC(=O)c2cc(F)cc3nc(C)c(C)nc23)c1. The van der Waals surface area contributed by atoms with Gasteiger partial charge in [0.25, 0.3) is 5.91 Å². The second-order valence-corrected chi connectivity index (χ2v) is 6.29.